The molecule has 3 heterocycles. The molecule has 0 atom stereocenters. The van der Waals surface area contributed by atoms with Crippen molar-refractivity contribution in [2.24, 2.45) is 0 Å². The van der Waals surface area contributed by atoms with Gasteiger partial charge in [0.2, 0.25) is 0 Å². The Morgan fingerprint density at radius 2 is 1.92 bits per heavy atom. The summed E-state index contributed by atoms with van der Waals surface area (Å²) in [6.45, 7) is 2.84. The molecule has 0 saturated carbocycles. The van der Waals surface area contributed by atoms with Crippen LogP contribution in [0, 0.1) is 6.92 Å². The Hall–Kier alpha value is -3.41. The number of nitrogens with zero attached hydrogens (tertiary/aromatic N) is 4. The summed E-state index contributed by atoms with van der Waals surface area (Å²) in [7, 11) is 0. The molecular formula is C20H19N5O. The summed E-state index contributed by atoms with van der Waals surface area (Å²) in [5, 5.41) is 0. The lowest BCUT2D eigenvalue weighted by atomic mass is 10.2. The topological polar surface area (TPSA) is 66.3 Å². The number of fused-ring (bicyclic) bond motifs is 1. The minimum Gasteiger partial charge on any atom is -0.347 e. The molecule has 0 aliphatic rings. The molecule has 3 aromatic heterocycles. The van der Waals surface area contributed by atoms with Crippen molar-refractivity contribution in [1.82, 2.24) is 24.3 Å². The molecule has 4 rings (SSSR count). The SMILES string of the molecule is Cc1nc2ccccn2c1C(=O)N(Cc1ccccc1)Cc1cnc[nH]1. The van der Waals surface area contributed by atoms with Gasteiger partial charge >= 0.3 is 0 Å². The van der Waals surface area contributed by atoms with Crippen LogP contribution in [0.2, 0.25) is 0 Å². The molecule has 26 heavy (non-hydrogen) atoms. The van der Waals surface area contributed by atoms with Crippen molar-refractivity contribution < 1.29 is 4.79 Å². The summed E-state index contributed by atoms with van der Waals surface area (Å²) >= 11 is 0. The molecule has 0 radical (unpaired) electrons. The summed E-state index contributed by atoms with van der Waals surface area (Å²) in [5.74, 6) is -0.0559. The lowest BCUT2D eigenvalue weighted by Crippen LogP contribution is -2.31. The molecule has 130 valence electrons. The van der Waals surface area contributed by atoms with Crippen LogP contribution in [-0.2, 0) is 13.1 Å². The largest absolute Gasteiger partial charge is 0.347 e. The van der Waals surface area contributed by atoms with Gasteiger partial charge in [0.05, 0.1) is 24.3 Å². The van der Waals surface area contributed by atoms with Crippen LogP contribution in [0.1, 0.15) is 27.4 Å². The van der Waals surface area contributed by atoms with Crippen molar-refractivity contribution in [2.45, 2.75) is 20.0 Å². The number of amides is 1. The Kier molecular flexibility index (Phi) is 4.23. The maximum atomic E-state index is 13.4. The highest BCUT2D eigenvalue weighted by molar-refractivity contribution is 5.94. The highest BCUT2D eigenvalue weighted by Crippen LogP contribution is 2.17. The number of hydrogen-bond acceptors (Lipinski definition) is 3. The zero-order valence-electron chi connectivity index (χ0n) is 14.5. The Morgan fingerprint density at radius 1 is 1.12 bits per heavy atom. The van der Waals surface area contributed by atoms with Gasteiger partial charge in [-0.15, -0.1) is 0 Å². The fraction of sp³-hybridized carbons (Fsp3) is 0.150. The average molecular weight is 345 g/mol. The van der Waals surface area contributed by atoms with Crippen LogP contribution in [-0.4, -0.2) is 30.2 Å². The highest BCUT2D eigenvalue weighted by Gasteiger charge is 2.23. The standard InChI is InChI=1S/C20H19N5O/c1-15-19(25-10-6-5-9-18(25)23-15)20(26)24(13-17-11-21-14-22-17)12-16-7-3-2-4-8-16/h2-11,14H,12-13H2,1H3,(H,21,22). The quantitative estimate of drug-likeness (QED) is 0.604. The maximum absolute atomic E-state index is 13.4. The van der Waals surface area contributed by atoms with Gasteiger partial charge in [0, 0.05) is 18.9 Å². The van der Waals surface area contributed by atoms with Crippen LogP contribution in [0.3, 0.4) is 0 Å². The molecule has 0 aliphatic heterocycles. The van der Waals surface area contributed by atoms with E-state index in [9.17, 15) is 4.79 Å². The molecule has 0 fully saturated rings. The van der Waals surface area contributed by atoms with Crippen molar-refractivity contribution in [3.8, 4) is 0 Å². The van der Waals surface area contributed by atoms with E-state index in [1.54, 1.807) is 12.5 Å². The molecule has 0 unspecified atom stereocenters. The van der Waals surface area contributed by atoms with Crippen LogP contribution < -0.4 is 0 Å². The van der Waals surface area contributed by atoms with Gasteiger partial charge in [0.25, 0.3) is 5.91 Å². The third kappa shape index (κ3) is 3.09. The number of hydrogen-bond donors (Lipinski definition) is 1. The molecule has 6 nitrogen and oxygen atoms in total. The Morgan fingerprint density at radius 3 is 2.69 bits per heavy atom. The van der Waals surface area contributed by atoms with Crippen molar-refractivity contribution in [3.05, 3.63) is 89.9 Å². The van der Waals surface area contributed by atoms with E-state index in [1.807, 2.05) is 71.0 Å². The first-order chi connectivity index (χ1) is 12.7. The van der Waals surface area contributed by atoms with Gasteiger partial charge in [-0.25, -0.2) is 9.97 Å². The molecule has 0 saturated heterocycles. The first-order valence-electron chi connectivity index (χ1n) is 8.46. The third-order valence-corrected chi connectivity index (χ3v) is 4.33. The Bertz CT molecular complexity index is 1020. The number of carbonyl (C=O) groups is 1. The first kappa shape index (κ1) is 16.1. The van der Waals surface area contributed by atoms with E-state index in [-0.39, 0.29) is 5.91 Å². The summed E-state index contributed by atoms with van der Waals surface area (Å²) in [6, 6.07) is 15.7. The number of aryl methyl sites for hydroxylation is 1. The molecular weight excluding hydrogens is 326 g/mol. The predicted octanol–water partition coefficient (Wildman–Crippen LogP) is 3.21. The number of carbonyl (C=O) groups excluding carboxylic acids is 1. The lowest BCUT2D eigenvalue weighted by molar-refractivity contribution is 0.0720. The van der Waals surface area contributed by atoms with Crippen LogP contribution in [0.25, 0.3) is 5.65 Å². The van der Waals surface area contributed by atoms with Crippen molar-refractivity contribution >= 4 is 11.6 Å². The van der Waals surface area contributed by atoms with Gasteiger partial charge in [0.15, 0.2) is 0 Å². The Labute approximate surface area is 151 Å². The van der Waals surface area contributed by atoms with Gasteiger partial charge in [-0.1, -0.05) is 36.4 Å². The smallest absolute Gasteiger partial charge is 0.273 e. The number of rotatable bonds is 5. The molecule has 4 aromatic rings. The lowest BCUT2D eigenvalue weighted by Gasteiger charge is -2.22. The van der Waals surface area contributed by atoms with Gasteiger partial charge in [0.1, 0.15) is 11.3 Å². The van der Waals surface area contributed by atoms with E-state index in [0.29, 0.717) is 18.8 Å². The molecule has 0 bridgehead atoms. The molecule has 0 spiro atoms. The van der Waals surface area contributed by atoms with Crippen LogP contribution >= 0.6 is 0 Å². The normalized spacial score (nSPS) is 11.0. The van der Waals surface area contributed by atoms with Gasteiger partial charge in [-0.2, -0.15) is 0 Å². The van der Waals surface area contributed by atoms with E-state index in [2.05, 4.69) is 15.0 Å². The Balaban J connectivity index is 1.72. The van der Waals surface area contributed by atoms with Gasteiger partial charge in [-0.05, 0) is 24.6 Å². The molecule has 1 aromatic carbocycles. The molecule has 0 aliphatic carbocycles. The van der Waals surface area contributed by atoms with Crippen molar-refractivity contribution in [1.29, 1.82) is 0 Å². The molecule has 6 heteroatoms. The number of aromatic nitrogens is 4. The number of imidazole rings is 2. The minimum atomic E-state index is -0.0559. The number of pyridine rings is 1. The summed E-state index contributed by atoms with van der Waals surface area (Å²) in [6.07, 6.45) is 5.24. The van der Waals surface area contributed by atoms with Crippen LogP contribution in [0.5, 0.6) is 0 Å². The van der Waals surface area contributed by atoms with Crippen LogP contribution in [0.15, 0.2) is 67.3 Å². The highest BCUT2D eigenvalue weighted by atomic mass is 16.2. The van der Waals surface area contributed by atoms with E-state index in [1.165, 1.54) is 0 Å². The summed E-state index contributed by atoms with van der Waals surface area (Å²) in [5.41, 5.74) is 4.06. The second-order valence-electron chi connectivity index (χ2n) is 6.20. The first-order valence-corrected chi connectivity index (χ1v) is 8.46. The van der Waals surface area contributed by atoms with Gasteiger partial charge < -0.3 is 9.88 Å². The maximum Gasteiger partial charge on any atom is 0.273 e. The minimum absolute atomic E-state index is 0.0559. The summed E-state index contributed by atoms with van der Waals surface area (Å²) < 4.78 is 1.85. The summed E-state index contributed by atoms with van der Waals surface area (Å²) in [4.78, 5) is 26.9. The fourth-order valence-corrected chi connectivity index (χ4v) is 3.10. The van der Waals surface area contributed by atoms with Crippen molar-refractivity contribution in [3.63, 3.8) is 0 Å². The van der Waals surface area contributed by atoms with E-state index < -0.39 is 0 Å². The monoisotopic (exact) mass is 345 g/mol. The number of nitrogens with one attached hydrogen (secondary N) is 1. The van der Waals surface area contributed by atoms with E-state index in [0.717, 1.165) is 22.6 Å². The number of aromatic amines is 1. The second kappa shape index (κ2) is 6.84. The van der Waals surface area contributed by atoms with Gasteiger partial charge in [-0.3, -0.25) is 9.20 Å². The zero-order chi connectivity index (χ0) is 17.9. The van der Waals surface area contributed by atoms with Crippen molar-refractivity contribution in [2.75, 3.05) is 0 Å². The van der Waals surface area contributed by atoms with E-state index >= 15 is 0 Å². The molecule has 1 N–H and O–H groups in total. The van der Waals surface area contributed by atoms with E-state index in [4.69, 9.17) is 0 Å². The fourth-order valence-electron chi connectivity index (χ4n) is 3.10. The average Bonchev–Trinajstić information content (AvgIpc) is 3.28. The second-order valence-corrected chi connectivity index (χ2v) is 6.20. The number of benzene rings is 1. The third-order valence-electron chi connectivity index (χ3n) is 4.33. The molecule has 1 amide bonds. The van der Waals surface area contributed by atoms with Crippen LogP contribution in [0.4, 0.5) is 0 Å². The number of H-pyrrole nitrogens is 1. The predicted molar refractivity (Wildman–Crippen MR) is 98.5 cm³/mol. The zero-order valence-corrected chi connectivity index (χ0v) is 14.5.